The lowest BCUT2D eigenvalue weighted by Crippen LogP contribution is -2.40. The number of nitrogens with one attached hydrogen (secondary N) is 1. The van der Waals surface area contributed by atoms with Gasteiger partial charge < -0.3 is 14.8 Å². The third kappa shape index (κ3) is 6.63. The zero-order chi connectivity index (χ0) is 27.2. The molecule has 0 saturated carbocycles. The van der Waals surface area contributed by atoms with Crippen LogP contribution in [0, 0.1) is 13.8 Å². The number of hydrogen-bond donors (Lipinski definition) is 1. The molecule has 3 aromatic carbocycles. The van der Waals surface area contributed by atoms with Crippen LogP contribution in [-0.4, -0.2) is 35.1 Å². The molecule has 0 aromatic heterocycles. The smallest absolute Gasteiger partial charge is 0.264 e. The minimum atomic E-state index is -4.11. The van der Waals surface area contributed by atoms with Gasteiger partial charge in [0.2, 0.25) is 5.91 Å². The highest BCUT2D eigenvalue weighted by atomic mass is 32.2. The number of nitrogens with zero attached hydrogens (tertiary/aromatic N) is 1. The molecule has 0 aliphatic heterocycles. The maximum Gasteiger partial charge on any atom is 0.264 e. The number of sulfonamides is 1. The van der Waals surface area contributed by atoms with Gasteiger partial charge in [0.15, 0.2) is 11.5 Å². The average Bonchev–Trinajstić information content (AvgIpc) is 2.89. The van der Waals surface area contributed by atoms with Gasteiger partial charge in [0.05, 0.1) is 24.8 Å². The number of anilines is 1. The number of benzene rings is 3. The van der Waals surface area contributed by atoms with Crippen LogP contribution in [-0.2, 0) is 34.2 Å². The lowest BCUT2D eigenvalue weighted by atomic mass is 10.0. The SMILES string of the molecule is CCc1ccc(CC)c(CNC(=O)CN(c2cc(C)cc(C)c2)S(=O)(=O)c2ccc(OC)c(OC)c2)c1. The highest BCUT2D eigenvalue weighted by molar-refractivity contribution is 7.92. The van der Waals surface area contributed by atoms with E-state index < -0.39 is 15.9 Å². The van der Waals surface area contributed by atoms with E-state index in [1.54, 1.807) is 18.2 Å². The summed E-state index contributed by atoms with van der Waals surface area (Å²) < 4.78 is 39.5. The molecule has 3 rings (SSSR count). The van der Waals surface area contributed by atoms with Crippen LogP contribution < -0.4 is 19.1 Å². The van der Waals surface area contributed by atoms with E-state index in [9.17, 15) is 13.2 Å². The second-order valence-corrected chi connectivity index (χ2v) is 10.8. The third-order valence-corrected chi connectivity index (χ3v) is 8.03. The van der Waals surface area contributed by atoms with Gasteiger partial charge in [-0.05, 0) is 78.8 Å². The van der Waals surface area contributed by atoms with E-state index in [-0.39, 0.29) is 17.2 Å². The van der Waals surface area contributed by atoms with Crippen molar-refractivity contribution in [1.82, 2.24) is 5.32 Å². The van der Waals surface area contributed by atoms with Crippen molar-refractivity contribution in [3.63, 3.8) is 0 Å². The van der Waals surface area contributed by atoms with E-state index in [4.69, 9.17) is 9.47 Å². The molecule has 0 aliphatic rings. The van der Waals surface area contributed by atoms with Crippen LogP contribution >= 0.6 is 0 Å². The van der Waals surface area contributed by atoms with Crippen molar-refractivity contribution in [3.05, 3.63) is 82.4 Å². The fourth-order valence-corrected chi connectivity index (χ4v) is 5.72. The van der Waals surface area contributed by atoms with E-state index in [0.717, 1.165) is 39.4 Å². The number of carbonyl (C=O) groups excluding carboxylic acids is 1. The first-order valence-corrected chi connectivity index (χ1v) is 13.8. The molecule has 3 aromatic rings. The summed E-state index contributed by atoms with van der Waals surface area (Å²) in [5.41, 5.74) is 5.59. The van der Waals surface area contributed by atoms with E-state index in [2.05, 4.69) is 37.4 Å². The van der Waals surface area contributed by atoms with Crippen molar-refractivity contribution in [1.29, 1.82) is 0 Å². The van der Waals surface area contributed by atoms with Crippen molar-refractivity contribution in [3.8, 4) is 11.5 Å². The van der Waals surface area contributed by atoms with E-state index in [1.165, 1.54) is 31.9 Å². The molecule has 1 amide bonds. The van der Waals surface area contributed by atoms with Crippen molar-refractivity contribution < 1.29 is 22.7 Å². The zero-order valence-electron chi connectivity index (χ0n) is 22.4. The first-order valence-electron chi connectivity index (χ1n) is 12.3. The lowest BCUT2D eigenvalue weighted by molar-refractivity contribution is -0.119. The highest BCUT2D eigenvalue weighted by Gasteiger charge is 2.28. The second-order valence-electron chi connectivity index (χ2n) is 8.96. The maximum atomic E-state index is 13.9. The maximum absolute atomic E-state index is 13.9. The topological polar surface area (TPSA) is 84.9 Å². The largest absolute Gasteiger partial charge is 0.493 e. The predicted octanol–water partition coefficient (Wildman–Crippen LogP) is 4.96. The Morgan fingerprint density at radius 3 is 2.11 bits per heavy atom. The number of rotatable bonds is 11. The molecule has 0 unspecified atom stereocenters. The van der Waals surface area contributed by atoms with Crippen LogP contribution in [0.2, 0.25) is 0 Å². The molecule has 0 saturated heterocycles. The normalized spacial score (nSPS) is 11.2. The summed E-state index contributed by atoms with van der Waals surface area (Å²) in [4.78, 5) is 13.2. The molecule has 37 heavy (non-hydrogen) atoms. The molecule has 8 heteroatoms. The molecule has 7 nitrogen and oxygen atoms in total. The fourth-order valence-electron chi connectivity index (χ4n) is 4.30. The highest BCUT2D eigenvalue weighted by Crippen LogP contribution is 2.32. The summed E-state index contributed by atoms with van der Waals surface area (Å²) in [6, 6.07) is 16.2. The van der Waals surface area contributed by atoms with Gasteiger partial charge in [-0.2, -0.15) is 0 Å². The Morgan fingerprint density at radius 2 is 1.51 bits per heavy atom. The lowest BCUT2D eigenvalue weighted by Gasteiger charge is -2.25. The van der Waals surface area contributed by atoms with Crippen LogP contribution in [0.15, 0.2) is 59.5 Å². The van der Waals surface area contributed by atoms with Crippen LogP contribution in [0.3, 0.4) is 0 Å². The van der Waals surface area contributed by atoms with Crippen LogP contribution in [0.4, 0.5) is 5.69 Å². The third-order valence-electron chi connectivity index (χ3n) is 6.26. The molecule has 0 spiro atoms. The molecule has 0 bridgehead atoms. The van der Waals surface area contributed by atoms with Gasteiger partial charge in [0.25, 0.3) is 10.0 Å². The summed E-state index contributed by atoms with van der Waals surface area (Å²) >= 11 is 0. The molecular weight excluding hydrogens is 488 g/mol. The van der Waals surface area contributed by atoms with Crippen molar-refractivity contribution in [2.24, 2.45) is 0 Å². The van der Waals surface area contributed by atoms with Gasteiger partial charge >= 0.3 is 0 Å². The van der Waals surface area contributed by atoms with Crippen molar-refractivity contribution in [2.45, 2.75) is 52.0 Å². The van der Waals surface area contributed by atoms with Crippen LogP contribution in [0.1, 0.15) is 41.7 Å². The molecule has 0 radical (unpaired) electrons. The first-order chi connectivity index (χ1) is 17.6. The molecular formula is C29H36N2O5S. The van der Waals surface area contributed by atoms with Gasteiger partial charge in [-0.1, -0.05) is 38.1 Å². The first kappa shape index (κ1) is 28.1. The monoisotopic (exact) mass is 524 g/mol. The Labute approximate surface area is 220 Å². The zero-order valence-corrected chi connectivity index (χ0v) is 23.2. The molecule has 198 valence electrons. The quantitative estimate of drug-likeness (QED) is 0.383. The van der Waals surface area contributed by atoms with Crippen molar-refractivity contribution >= 4 is 21.6 Å². The van der Waals surface area contributed by atoms with Crippen LogP contribution in [0.5, 0.6) is 11.5 Å². The summed E-state index contributed by atoms with van der Waals surface area (Å²) in [5.74, 6) is 0.307. The summed E-state index contributed by atoms with van der Waals surface area (Å²) in [6.07, 6.45) is 1.74. The van der Waals surface area contributed by atoms with E-state index in [0.29, 0.717) is 18.0 Å². The Hall–Kier alpha value is -3.52. The Bertz CT molecular complexity index is 1350. The molecule has 0 heterocycles. The fraction of sp³-hybridized carbons (Fsp3) is 0.345. The molecule has 0 aliphatic carbocycles. The Kier molecular flexibility index (Phi) is 9.21. The Morgan fingerprint density at radius 1 is 0.838 bits per heavy atom. The van der Waals surface area contributed by atoms with Gasteiger partial charge in [0, 0.05) is 12.6 Å². The summed E-state index contributed by atoms with van der Waals surface area (Å²) in [5, 5.41) is 2.93. The van der Waals surface area contributed by atoms with Gasteiger partial charge in [-0.25, -0.2) is 8.42 Å². The minimum absolute atomic E-state index is 0.000949. The van der Waals surface area contributed by atoms with Gasteiger partial charge in [0.1, 0.15) is 6.54 Å². The summed E-state index contributed by atoms with van der Waals surface area (Å²) in [6.45, 7) is 7.91. The number of hydrogen-bond acceptors (Lipinski definition) is 5. The van der Waals surface area contributed by atoms with Gasteiger partial charge in [-0.3, -0.25) is 9.10 Å². The molecule has 0 fully saturated rings. The standard InChI is InChI=1S/C29H36N2O5S/c1-7-22-9-10-23(8-2)24(16-22)18-30-29(32)19-31(25-14-20(3)13-21(4)15-25)37(33,34)26-11-12-27(35-5)28(17-26)36-6/h9-17H,7-8,18-19H2,1-6H3,(H,30,32). The number of methoxy groups -OCH3 is 2. The van der Waals surface area contributed by atoms with Gasteiger partial charge in [-0.15, -0.1) is 0 Å². The number of amides is 1. The van der Waals surface area contributed by atoms with E-state index >= 15 is 0 Å². The minimum Gasteiger partial charge on any atom is -0.493 e. The Balaban J connectivity index is 1.95. The van der Waals surface area contributed by atoms with E-state index in [1.807, 2.05) is 19.9 Å². The average molecular weight is 525 g/mol. The number of ether oxygens (including phenoxy) is 2. The number of carbonyl (C=O) groups is 1. The predicted molar refractivity (Wildman–Crippen MR) is 147 cm³/mol. The second kappa shape index (κ2) is 12.1. The summed E-state index contributed by atoms with van der Waals surface area (Å²) in [7, 11) is -1.18. The molecule has 0 atom stereocenters. The molecule has 1 N–H and O–H groups in total. The number of aryl methyl sites for hydroxylation is 4. The van der Waals surface area contributed by atoms with Crippen LogP contribution in [0.25, 0.3) is 0 Å². The van der Waals surface area contributed by atoms with Crippen molar-refractivity contribution in [2.75, 3.05) is 25.1 Å².